The van der Waals surface area contributed by atoms with E-state index in [4.69, 9.17) is 27.0 Å². The van der Waals surface area contributed by atoms with E-state index >= 15 is 0 Å². The lowest BCUT2D eigenvalue weighted by Crippen LogP contribution is -2.44. The summed E-state index contributed by atoms with van der Waals surface area (Å²) >= 11 is 5.45. The van der Waals surface area contributed by atoms with Gasteiger partial charge in [-0.25, -0.2) is 0 Å². The van der Waals surface area contributed by atoms with Crippen LogP contribution in [0.2, 0.25) is 0 Å². The predicted octanol–water partition coefficient (Wildman–Crippen LogP) is 3.57. The SMILES string of the molecule is CCOCCOc1cccc(C(=O)NC(=S)N(CCC#N)CCc2ccccc2)c1. The quantitative estimate of drug-likeness (QED) is 0.438. The number of thiocarbonyl (C=S) groups is 1. The smallest absolute Gasteiger partial charge is 0.257 e. The number of carbonyl (C=O) groups excluding carboxylic acids is 1. The maximum atomic E-state index is 12.7. The maximum absolute atomic E-state index is 12.7. The van der Waals surface area contributed by atoms with Gasteiger partial charge in [0.1, 0.15) is 12.4 Å². The lowest BCUT2D eigenvalue weighted by Gasteiger charge is -2.24. The van der Waals surface area contributed by atoms with E-state index in [9.17, 15) is 4.79 Å². The molecule has 0 radical (unpaired) electrons. The summed E-state index contributed by atoms with van der Waals surface area (Å²) in [6.45, 7) is 4.54. The lowest BCUT2D eigenvalue weighted by molar-refractivity contribution is 0.0972. The van der Waals surface area contributed by atoms with Crippen molar-refractivity contribution in [3.8, 4) is 11.8 Å². The third-order valence-corrected chi connectivity index (χ3v) is 4.67. The number of hydrogen-bond acceptors (Lipinski definition) is 5. The Kier molecular flexibility index (Phi) is 10.3. The van der Waals surface area contributed by atoms with E-state index in [1.807, 2.05) is 42.2 Å². The average molecular weight is 426 g/mol. The molecular formula is C23H27N3O3S. The van der Waals surface area contributed by atoms with Gasteiger partial charge < -0.3 is 14.4 Å². The highest BCUT2D eigenvalue weighted by Gasteiger charge is 2.14. The molecule has 0 saturated carbocycles. The van der Waals surface area contributed by atoms with E-state index in [-0.39, 0.29) is 5.91 Å². The van der Waals surface area contributed by atoms with Gasteiger partial charge in [0.25, 0.3) is 5.91 Å². The van der Waals surface area contributed by atoms with Gasteiger partial charge in [-0.05, 0) is 49.3 Å². The molecule has 6 nitrogen and oxygen atoms in total. The van der Waals surface area contributed by atoms with Gasteiger partial charge in [-0.3, -0.25) is 10.1 Å². The summed E-state index contributed by atoms with van der Waals surface area (Å²) in [7, 11) is 0. The predicted molar refractivity (Wildman–Crippen MR) is 120 cm³/mol. The lowest BCUT2D eigenvalue weighted by atomic mass is 10.1. The topological polar surface area (TPSA) is 74.6 Å². The summed E-state index contributed by atoms with van der Waals surface area (Å²) in [5.41, 5.74) is 1.63. The van der Waals surface area contributed by atoms with Crippen LogP contribution in [0.1, 0.15) is 29.3 Å². The molecule has 0 aliphatic carbocycles. The number of hydrogen-bond donors (Lipinski definition) is 1. The van der Waals surface area contributed by atoms with Crippen LogP contribution in [0.25, 0.3) is 0 Å². The number of nitrogens with zero attached hydrogens (tertiary/aromatic N) is 2. The first kappa shape index (κ1) is 23.3. The van der Waals surface area contributed by atoms with Crippen molar-refractivity contribution < 1.29 is 14.3 Å². The number of nitrogens with one attached hydrogen (secondary N) is 1. The van der Waals surface area contributed by atoms with Gasteiger partial charge in [0.15, 0.2) is 5.11 Å². The van der Waals surface area contributed by atoms with Gasteiger partial charge in [0.05, 0.1) is 19.1 Å². The molecule has 7 heteroatoms. The molecule has 0 aliphatic heterocycles. The molecule has 2 rings (SSSR count). The molecule has 2 aromatic carbocycles. The monoisotopic (exact) mass is 425 g/mol. The molecule has 0 fully saturated rings. The highest BCUT2D eigenvalue weighted by molar-refractivity contribution is 7.80. The molecule has 0 unspecified atom stereocenters. The van der Waals surface area contributed by atoms with Gasteiger partial charge in [0, 0.05) is 25.3 Å². The van der Waals surface area contributed by atoms with Crippen LogP contribution in [0, 0.1) is 11.3 Å². The third-order valence-electron chi connectivity index (χ3n) is 4.31. The molecular weight excluding hydrogens is 398 g/mol. The van der Waals surface area contributed by atoms with E-state index in [2.05, 4.69) is 11.4 Å². The van der Waals surface area contributed by atoms with Crippen LogP contribution in [0.15, 0.2) is 54.6 Å². The fourth-order valence-corrected chi connectivity index (χ4v) is 3.02. The maximum Gasteiger partial charge on any atom is 0.257 e. The van der Waals surface area contributed by atoms with Crippen molar-refractivity contribution in [2.75, 3.05) is 32.9 Å². The molecule has 1 amide bonds. The Hall–Kier alpha value is -2.95. The number of rotatable bonds is 11. The molecule has 0 aliphatic rings. The van der Waals surface area contributed by atoms with Gasteiger partial charge in [-0.2, -0.15) is 5.26 Å². The molecule has 30 heavy (non-hydrogen) atoms. The Morgan fingerprint density at radius 2 is 1.93 bits per heavy atom. The van der Waals surface area contributed by atoms with Crippen molar-refractivity contribution >= 4 is 23.2 Å². The first-order chi connectivity index (χ1) is 14.6. The molecule has 1 N–H and O–H groups in total. The molecule has 2 aromatic rings. The van der Waals surface area contributed by atoms with Crippen molar-refractivity contribution in [3.05, 3.63) is 65.7 Å². The van der Waals surface area contributed by atoms with Crippen molar-refractivity contribution in [3.63, 3.8) is 0 Å². The van der Waals surface area contributed by atoms with Crippen molar-refractivity contribution in [1.29, 1.82) is 5.26 Å². The largest absolute Gasteiger partial charge is 0.491 e. The van der Waals surface area contributed by atoms with E-state index in [0.717, 1.165) is 6.42 Å². The molecule has 0 aromatic heterocycles. The van der Waals surface area contributed by atoms with Crippen LogP contribution in [0.4, 0.5) is 0 Å². The first-order valence-electron chi connectivity index (χ1n) is 9.95. The van der Waals surface area contributed by atoms with Crippen LogP contribution in [0.5, 0.6) is 5.75 Å². The van der Waals surface area contributed by atoms with Crippen LogP contribution < -0.4 is 10.1 Å². The second-order valence-corrected chi connectivity index (χ2v) is 6.85. The average Bonchev–Trinajstić information content (AvgIpc) is 2.77. The Labute approximate surface area is 183 Å². The minimum atomic E-state index is -0.308. The number of benzene rings is 2. The Morgan fingerprint density at radius 1 is 1.13 bits per heavy atom. The Bertz CT molecular complexity index is 852. The normalized spacial score (nSPS) is 10.1. The second-order valence-electron chi connectivity index (χ2n) is 6.46. The molecule has 0 heterocycles. The van der Waals surface area contributed by atoms with Gasteiger partial charge in [-0.15, -0.1) is 0 Å². The minimum absolute atomic E-state index is 0.308. The number of nitriles is 1. The fraction of sp³-hybridized carbons (Fsp3) is 0.348. The summed E-state index contributed by atoms with van der Waals surface area (Å²) < 4.78 is 10.9. The number of amides is 1. The standard InChI is InChI=1S/C23H27N3O3S/c1-2-28-16-17-29-21-11-6-10-20(18-21)22(27)25-23(30)26(14-7-13-24)15-12-19-8-4-3-5-9-19/h3-6,8-11,18H,2,7,12,14-17H2,1H3,(H,25,27,30). The fourth-order valence-electron chi connectivity index (χ4n) is 2.75. The zero-order valence-electron chi connectivity index (χ0n) is 17.2. The Balaban J connectivity index is 1.94. The van der Waals surface area contributed by atoms with E-state index in [1.165, 1.54) is 5.56 Å². The van der Waals surface area contributed by atoms with E-state index in [1.54, 1.807) is 24.3 Å². The molecule has 0 spiro atoms. The minimum Gasteiger partial charge on any atom is -0.491 e. The molecule has 158 valence electrons. The summed E-state index contributed by atoms with van der Waals surface area (Å²) in [5, 5.41) is 12.0. The van der Waals surface area contributed by atoms with Crippen molar-refractivity contribution in [2.24, 2.45) is 0 Å². The molecule has 0 saturated heterocycles. The zero-order valence-corrected chi connectivity index (χ0v) is 18.0. The summed E-state index contributed by atoms with van der Waals surface area (Å²) in [6, 6.07) is 19.1. The zero-order chi connectivity index (χ0) is 21.6. The highest BCUT2D eigenvalue weighted by atomic mass is 32.1. The van der Waals surface area contributed by atoms with E-state index < -0.39 is 0 Å². The van der Waals surface area contributed by atoms with E-state index in [0.29, 0.717) is 55.8 Å². The van der Waals surface area contributed by atoms with Gasteiger partial charge >= 0.3 is 0 Å². The van der Waals surface area contributed by atoms with Crippen LogP contribution in [-0.2, 0) is 11.2 Å². The molecule has 0 bridgehead atoms. The Morgan fingerprint density at radius 3 is 2.67 bits per heavy atom. The number of carbonyl (C=O) groups is 1. The van der Waals surface area contributed by atoms with Crippen LogP contribution >= 0.6 is 12.2 Å². The van der Waals surface area contributed by atoms with Crippen LogP contribution in [0.3, 0.4) is 0 Å². The van der Waals surface area contributed by atoms with Crippen molar-refractivity contribution in [1.82, 2.24) is 10.2 Å². The number of ether oxygens (including phenoxy) is 2. The highest BCUT2D eigenvalue weighted by Crippen LogP contribution is 2.13. The first-order valence-corrected chi connectivity index (χ1v) is 10.4. The summed E-state index contributed by atoms with van der Waals surface area (Å²) in [4.78, 5) is 14.5. The molecule has 0 atom stereocenters. The van der Waals surface area contributed by atoms with Crippen LogP contribution in [-0.4, -0.2) is 48.8 Å². The van der Waals surface area contributed by atoms with Crippen molar-refractivity contribution in [2.45, 2.75) is 19.8 Å². The summed E-state index contributed by atoms with van der Waals surface area (Å²) in [6.07, 6.45) is 1.10. The second kappa shape index (κ2) is 13.3. The van der Waals surface area contributed by atoms with Gasteiger partial charge in [0.2, 0.25) is 0 Å². The summed E-state index contributed by atoms with van der Waals surface area (Å²) in [5.74, 6) is 0.288. The van der Waals surface area contributed by atoms with Gasteiger partial charge in [-0.1, -0.05) is 36.4 Å². The third kappa shape index (κ3) is 8.19.